The minimum atomic E-state index is -4.13. The summed E-state index contributed by atoms with van der Waals surface area (Å²) in [5.41, 5.74) is 1.36. The summed E-state index contributed by atoms with van der Waals surface area (Å²) in [4.78, 5) is 15.5. The average Bonchev–Trinajstić information content (AvgIpc) is 1.95. The van der Waals surface area contributed by atoms with Crippen LogP contribution in [0.1, 0.15) is 20.8 Å². The Kier molecular flexibility index (Phi) is 4.44. The molecular formula is C8H15NO5S. The van der Waals surface area contributed by atoms with Crippen molar-refractivity contribution in [2.24, 2.45) is 0 Å². The van der Waals surface area contributed by atoms with Crippen molar-refractivity contribution in [3.8, 4) is 0 Å². The first-order valence-corrected chi connectivity index (χ1v) is 5.73. The van der Waals surface area contributed by atoms with Gasteiger partial charge in [-0.15, -0.1) is 5.48 Å². The van der Waals surface area contributed by atoms with Gasteiger partial charge >= 0.3 is 5.97 Å². The number of hydroxylamine groups is 1. The van der Waals surface area contributed by atoms with Crippen LogP contribution in [0.15, 0.2) is 12.2 Å². The molecule has 0 aromatic carbocycles. The molecule has 0 radical (unpaired) electrons. The quantitative estimate of drug-likeness (QED) is 0.405. The van der Waals surface area contributed by atoms with Gasteiger partial charge in [-0.05, 0) is 20.8 Å². The third-order valence-electron chi connectivity index (χ3n) is 1.31. The van der Waals surface area contributed by atoms with Crippen LogP contribution in [0.25, 0.3) is 0 Å². The van der Waals surface area contributed by atoms with E-state index in [1.807, 2.05) is 0 Å². The normalized spacial score (nSPS) is 12.3. The van der Waals surface area contributed by atoms with Crippen molar-refractivity contribution in [3.63, 3.8) is 0 Å². The third kappa shape index (κ3) is 7.06. The molecule has 0 atom stereocenters. The maximum Gasteiger partial charge on any atom is 0.351 e. The molecule has 0 aromatic rings. The molecule has 0 heterocycles. The lowest BCUT2D eigenvalue weighted by molar-refractivity contribution is -0.150. The number of hydrogen-bond donors (Lipinski definition) is 2. The second kappa shape index (κ2) is 4.73. The molecule has 0 aliphatic heterocycles. The second-order valence-corrected chi connectivity index (χ2v) is 5.33. The van der Waals surface area contributed by atoms with Crippen molar-refractivity contribution in [2.45, 2.75) is 26.3 Å². The predicted octanol–water partition coefficient (Wildman–Crippen LogP) is 0.277. The first-order valence-electron chi connectivity index (χ1n) is 4.12. The molecule has 2 N–H and O–H groups in total. The molecule has 0 fully saturated rings. The lowest BCUT2D eigenvalue weighted by atomic mass is 10.1. The van der Waals surface area contributed by atoms with Gasteiger partial charge in [0.15, 0.2) is 0 Å². The number of carbonyl (C=O) groups is 1. The highest BCUT2D eigenvalue weighted by Crippen LogP contribution is 2.06. The Morgan fingerprint density at radius 1 is 1.53 bits per heavy atom. The molecule has 15 heavy (non-hydrogen) atoms. The van der Waals surface area contributed by atoms with Crippen LogP contribution in [0.3, 0.4) is 0 Å². The largest absolute Gasteiger partial charge is 0.366 e. The number of rotatable bonds is 5. The smallest absolute Gasteiger partial charge is 0.351 e. The van der Waals surface area contributed by atoms with Crippen LogP contribution in [0.2, 0.25) is 0 Å². The van der Waals surface area contributed by atoms with E-state index in [2.05, 4.69) is 16.9 Å². The zero-order chi connectivity index (χ0) is 12.3. The Bertz CT molecular complexity index is 357. The Balaban J connectivity index is 4.28. The van der Waals surface area contributed by atoms with Gasteiger partial charge in [-0.2, -0.15) is 8.42 Å². The summed E-state index contributed by atoms with van der Waals surface area (Å²) in [6.45, 7) is 7.74. The SMILES string of the molecule is C=C(C)C(=O)ONC(C)(C)CS(=O)(=O)O. The molecule has 0 aliphatic rings. The summed E-state index contributed by atoms with van der Waals surface area (Å²) in [6.07, 6.45) is 0. The first-order chi connectivity index (χ1) is 6.53. The van der Waals surface area contributed by atoms with E-state index in [0.717, 1.165) is 0 Å². The van der Waals surface area contributed by atoms with E-state index < -0.39 is 27.4 Å². The van der Waals surface area contributed by atoms with Crippen molar-refractivity contribution in [1.82, 2.24) is 5.48 Å². The average molecular weight is 237 g/mol. The van der Waals surface area contributed by atoms with Gasteiger partial charge in [-0.3, -0.25) is 4.55 Å². The number of carbonyl (C=O) groups excluding carboxylic acids is 1. The Morgan fingerprint density at radius 3 is 2.33 bits per heavy atom. The molecule has 0 aliphatic carbocycles. The van der Waals surface area contributed by atoms with Crippen molar-refractivity contribution >= 4 is 16.1 Å². The van der Waals surface area contributed by atoms with Gasteiger partial charge in [-0.1, -0.05) is 6.58 Å². The molecule has 0 saturated carbocycles. The molecular weight excluding hydrogens is 222 g/mol. The van der Waals surface area contributed by atoms with E-state index in [9.17, 15) is 13.2 Å². The van der Waals surface area contributed by atoms with E-state index in [1.165, 1.54) is 20.8 Å². The van der Waals surface area contributed by atoms with Crippen LogP contribution in [-0.2, 0) is 19.8 Å². The molecule has 88 valence electrons. The second-order valence-electron chi connectivity index (χ2n) is 3.88. The van der Waals surface area contributed by atoms with Crippen LogP contribution < -0.4 is 5.48 Å². The standard InChI is InChI=1S/C8H15NO5S/c1-6(2)7(10)14-9-8(3,4)5-15(11,12)13/h9H,1,5H2,2-4H3,(H,11,12,13). The summed E-state index contributed by atoms with van der Waals surface area (Å²) in [6, 6.07) is 0. The van der Waals surface area contributed by atoms with Gasteiger partial charge in [0, 0.05) is 5.57 Å². The van der Waals surface area contributed by atoms with E-state index in [1.54, 1.807) is 0 Å². The lowest BCUT2D eigenvalue weighted by Gasteiger charge is -2.23. The molecule has 0 spiro atoms. The van der Waals surface area contributed by atoms with Gasteiger partial charge in [-0.25, -0.2) is 4.79 Å². The van der Waals surface area contributed by atoms with E-state index in [4.69, 9.17) is 4.55 Å². The van der Waals surface area contributed by atoms with Crippen LogP contribution in [0.4, 0.5) is 0 Å². The third-order valence-corrected chi connectivity index (χ3v) is 2.40. The fourth-order valence-corrected chi connectivity index (χ4v) is 1.73. The van der Waals surface area contributed by atoms with Crippen LogP contribution in [-0.4, -0.2) is 30.2 Å². The van der Waals surface area contributed by atoms with Crippen molar-refractivity contribution in [1.29, 1.82) is 0 Å². The number of nitrogens with one attached hydrogen (secondary N) is 1. The fourth-order valence-electron chi connectivity index (χ4n) is 0.757. The van der Waals surface area contributed by atoms with E-state index in [-0.39, 0.29) is 5.57 Å². The highest BCUT2D eigenvalue weighted by molar-refractivity contribution is 7.85. The van der Waals surface area contributed by atoms with Crippen LogP contribution in [0, 0.1) is 0 Å². The minimum Gasteiger partial charge on any atom is -0.366 e. The monoisotopic (exact) mass is 237 g/mol. The lowest BCUT2D eigenvalue weighted by Crippen LogP contribution is -2.46. The highest BCUT2D eigenvalue weighted by Gasteiger charge is 2.26. The minimum absolute atomic E-state index is 0.185. The Morgan fingerprint density at radius 2 is 2.00 bits per heavy atom. The maximum absolute atomic E-state index is 11.0. The number of hydrogen-bond acceptors (Lipinski definition) is 5. The molecule has 6 nitrogen and oxygen atoms in total. The predicted molar refractivity (Wildman–Crippen MR) is 54.5 cm³/mol. The van der Waals surface area contributed by atoms with E-state index >= 15 is 0 Å². The fraction of sp³-hybridized carbons (Fsp3) is 0.625. The van der Waals surface area contributed by atoms with Gasteiger partial charge < -0.3 is 4.84 Å². The topological polar surface area (TPSA) is 92.7 Å². The molecule has 0 saturated heterocycles. The molecule has 7 heteroatoms. The molecule has 0 aromatic heterocycles. The molecule has 0 rings (SSSR count). The Hall–Kier alpha value is -0.920. The van der Waals surface area contributed by atoms with Gasteiger partial charge in [0.05, 0.1) is 11.3 Å². The van der Waals surface area contributed by atoms with Crippen molar-refractivity contribution in [3.05, 3.63) is 12.2 Å². The summed E-state index contributed by atoms with van der Waals surface area (Å²) < 4.78 is 29.8. The molecule has 0 unspecified atom stereocenters. The molecule has 0 amide bonds. The van der Waals surface area contributed by atoms with E-state index in [0.29, 0.717) is 0 Å². The van der Waals surface area contributed by atoms with Crippen LogP contribution in [0.5, 0.6) is 0 Å². The highest BCUT2D eigenvalue weighted by atomic mass is 32.2. The summed E-state index contributed by atoms with van der Waals surface area (Å²) in [5.74, 6) is -1.25. The van der Waals surface area contributed by atoms with Crippen molar-refractivity contribution in [2.75, 3.05) is 5.75 Å². The Labute approximate surface area is 89.0 Å². The summed E-state index contributed by atoms with van der Waals surface area (Å²) in [5, 5.41) is 0. The zero-order valence-corrected chi connectivity index (χ0v) is 9.72. The zero-order valence-electron chi connectivity index (χ0n) is 8.90. The van der Waals surface area contributed by atoms with Gasteiger partial charge in [0.25, 0.3) is 10.1 Å². The van der Waals surface area contributed by atoms with Crippen LogP contribution >= 0.6 is 0 Å². The summed E-state index contributed by atoms with van der Waals surface area (Å²) in [7, 11) is -4.13. The van der Waals surface area contributed by atoms with Crippen molar-refractivity contribution < 1.29 is 22.6 Å². The molecule has 0 bridgehead atoms. The maximum atomic E-state index is 11.0. The summed E-state index contributed by atoms with van der Waals surface area (Å²) >= 11 is 0. The first kappa shape index (κ1) is 14.1. The van der Waals surface area contributed by atoms with Gasteiger partial charge in [0.1, 0.15) is 0 Å². The van der Waals surface area contributed by atoms with Gasteiger partial charge in [0.2, 0.25) is 0 Å².